The number of nitrogens with one attached hydrogen (secondary N) is 1. The first kappa shape index (κ1) is 17.7. The minimum absolute atomic E-state index is 0.142. The summed E-state index contributed by atoms with van der Waals surface area (Å²) in [5.41, 5.74) is 1.50. The summed E-state index contributed by atoms with van der Waals surface area (Å²) in [5.74, 6) is -0.736. The highest BCUT2D eigenvalue weighted by molar-refractivity contribution is 5.88. The minimum Gasteiger partial charge on any atom is -0.357 e. The van der Waals surface area contributed by atoms with Crippen molar-refractivity contribution in [2.75, 3.05) is 7.05 Å². The van der Waals surface area contributed by atoms with Gasteiger partial charge in [-0.05, 0) is 23.3 Å². The van der Waals surface area contributed by atoms with Crippen molar-refractivity contribution in [3.05, 3.63) is 71.5 Å². The van der Waals surface area contributed by atoms with E-state index in [1.807, 2.05) is 30.3 Å². The predicted molar refractivity (Wildman–Crippen MR) is 90.5 cm³/mol. The topological polar surface area (TPSA) is 49.4 Å². The van der Waals surface area contributed by atoms with Gasteiger partial charge in [-0.15, -0.1) is 0 Å². The summed E-state index contributed by atoms with van der Waals surface area (Å²) in [4.78, 5) is 26.5. The molecule has 0 aliphatic heterocycles. The fourth-order valence-corrected chi connectivity index (χ4v) is 2.56. The van der Waals surface area contributed by atoms with Gasteiger partial charge in [-0.25, -0.2) is 4.39 Å². The van der Waals surface area contributed by atoms with Crippen LogP contribution in [-0.4, -0.2) is 23.8 Å². The Kier molecular flexibility index (Phi) is 6.07. The number of hydrogen-bond acceptors (Lipinski definition) is 2. The van der Waals surface area contributed by atoms with Crippen LogP contribution < -0.4 is 5.32 Å². The first-order valence-electron chi connectivity index (χ1n) is 7.87. The van der Waals surface area contributed by atoms with E-state index in [0.29, 0.717) is 0 Å². The van der Waals surface area contributed by atoms with Crippen molar-refractivity contribution in [1.29, 1.82) is 0 Å². The van der Waals surface area contributed by atoms with E-state index in [4.69, 9.17) is 0 Å². The fraction of sp³-hybridized carbons (Fsp3) is 0.263. The third-order valence-corrected chi connectivity index (χ3v) is 3.81. The van der Waals surface area contributed by atoms with Gasteiger partial charge in [0.2, 0.25) is 11.8 Å². The van der Waals surface area contributed by atoms with Crippen LogP contribution in [-0.2, 0) is 16.1 Å². The summed E-state index contributed by atoms with van der Waals surface area (Å²) in [6.07, 6.45) is 0.279. The molecule has 0 fully saturated rings. The zero-order valence-corrected chi connectivity index (χ0v) is 13.8. The molecule has 4 nitrogen and oxygen atoms in total. The van der Waals surface area contributed by atoms with E-state index in [9.17, 15) is 14.0 Å². The Morgan fingerprint density at radius 1 is 1.08 bits per heavy atom. The van der Waals surface area contributed by atoms with E-state index in [-0.39, 0.29) is 30.6 Å². The largest absolute Gasteiger partial charge is 0.357 e. The van der Waals surface area contributed by atoms with Gasteiger partial charge in [-0.2, -0.15) is 0 Å². The maximum atomic E-state index is 13.1. The SMILES string of the molecule is CCC(=O)N(Cc1ccc(F)cc1)C(C(=O)NC)c1ccccc1. The molecule has 2 amide bonds. The molecule has 0 aromatic heterocycles. The molecule has 2 aromatic rings. The lowest BCUT2D eigenvalue weighted by Gasteiger charge is -2.31. The van der Waals surface area contributed by atoms with Crippen molar-refractivity contribution in [3.8, 4) is 0 Å². The molecule has 2 aromatic carbocycles. The Morgan fingerprint density at radius 3 is 2.25 bits per heavy atom. The molecule has 5 heteroatoms. The molecule has 2 rings (SSSR count). The molecule has 0 spiro atoms. The summed E-state index contributed by atoms with van der Waals surface area (Å²) in [6, 6.07) is 14.4. The van der Waals surface area contributed by atoms with Gasteiger partial charge in [0.05, 0.1) is 0 Å². The lowest BCUT2D eigenvalue weighted by Crippen LogP contribution is -2.42. The van der Waals surface area contributed by atoms with Crippen LogP contribution in [0.1, 0.15) is 30.5 Å². The zero-order valence-electron chi connectivity index (χ0n) is 13.8. The molecule has 0 saturated carbocycles. The van der Waals surface area contributed by atoms with Crippen LogP contribution in [0, 0.1) is 5.82 Å². The molecule has 0 bridgehead atoms. The molecule has 24 heavy (non-hydrogen) atoms. The molecule has 126 valence electrons. The van der Waals surface area contributed by atoms with Gasteiger partial charge in [0.1, 0.15) is 11.9 Å². The highest BCUT2D eigenvalue weighted by Gasteiger charge is 2.30. The van der Waals surface area contributed by atoms with Crippen LogP contribution in [0.15, 0.2) is 54.6 Å². The highest BCUT2D eigenvalue weighted by atomic mass is 19.1. The van der Waals surface area contributed by atoms with Crippen LogP contribution >= 0.6 is 0 Å². The first-order chi connectivity index (χ1) is 11.6. The zero-order chi connectivity index (χ0) is 17.5. The number of carbonyl (C=O) groups is 2. The van der Waals surface area contributed by atoms with Gasteiger partial charge < -0.3 is 10.2 Å². The Morgan fingerprint density at radius 2 is 1.71 bits per heavy atom. The summed E-state index contributed by atoms with van der Waals surface area (Å²) in [7, 11) is 1.55. The molecule has 0 aliphatic rings. The minimum atomic E-state index is -0.728. The van der Waals surface area contributed by atoms with E-state index < -0.39 is 6.04 Å². The quantitative estimate of drug-likeness (QED) is 0.886. The molecule has 0 radical (unpaired) electrons. The number of benzene rings is 2. The van der Waals surface area contributed by atoms with Gasteiger partial charge >= 0.3 is 0 Å². The number of carbonyl (C=O) groups excluding carboxylic acids is 2. The van der Waals surface area contributed by atoms with Crippen molar-refractivity contribution in [3.63, 3.8) is 0 Å². The Bertz CT molecular complexity index is 686. The standard InChI is InChI=1S/C19H21FN2O2/c1-3-17(23)22(13-14-9-11-16(20)12-10-14)18(19(24)21-2)15-7-5-4-6-8-15/h4-12,18H,3,13H2,1-2H3,(H,21,24). The smallest absolute Gasteiger partial charge is 0.247 e. The summed E-state index contributed by atoms with van der Waals surface area (Å²) in [6.45, 7) is 1.99. The van der Waals surface area contributed by atoms with Gasteiger partial charge in [-0.1, -0.05) is 49.4 Å². The van der Waals surface area contributed by atoms with E-state index >= 15 is 0 Å². The summed E-state index contributed by atoms with van der Waals surface area (Å²) < 4.78 is 13.1. The molecule has 0 heterocycles. The molecule has 0 saturated heterocycles. The van der Waals surface area contributed by atoms with Crippen molar-refractivity contribution in [2.45, 2.75) is 25.9 Å². The van der Waals surface area contributed by atoms with E-state index in [2.05, 4.69) is 5.32 Å². The van der Waals surface area contributed by atoms with Crippen molar-refractivity contribution in [1.82, 2.24) is 10.2 Å². The average molecular weight is 328 g/mol. The Labute approximate surface area is 141 Å². The second kappa shape index (κ2) is 8.24. The van der Waals surface area contributed by atoms with Crippen LogP contribution in [0.5, 0.6) is 0 Å². The van der Waals surface area contributed by atoms with Crippen molar-refractivity contribution < 1.29 is 14.0 Å². The van der Waals surface area contributed by atoms with E-state index in [1.165, 1.54) is 17.0 Å². The maximum Gasteiger partial charge on any atom is 0.247 e. The van der Waals surface area contributed by atoms with Crippen LogP contribution in [0.3, 0.4) is 0 Å². The summed E-state index contributed by atoms with van der Waals surface area (Å²) >= 11 is 0. The van der Waals surface area contributed by atoms with Crippen LogP contribution in [0.4, 0.5) is 4.39 Å². The third kappa shape index (κ3) is 4.19. The maximum absolute atomic E-state index is 13.1. The number of rotatable bonds is 6. The summed E-state index contributed by atoms with van der Waals surface area (Å²) in [5, 5.41) is 2.63. The van der Waals surface area contributed by atoms with Crippen molar-refractivity contribution in [2.24, 2.45) is 0 Å². The second-order valence-corrected chi connectivity index (χ2v) is 5.43. The molecule has 1 atom stereocenters. The van der Waals surface area contributed by atoms with Crippen molar-refractivity contribution >= 4 is 11.8 Å². The number of hydrogen-bond donors (Lipinski definition) is 1. The predicted octanol–water partition coefficient (Wildman–Crippen LogP) is 3.05. The van der Waals surface area contributed by atoms with Gasteiger partial charge in [0.25, 0.3) is 0 Å². The van der Waals surface area contributed by atoms with Crippen LogP contribution in [0.2, 0.25) is 0 Å². The third-order valence-electron chi connectivity index (χ3n) is 3.81. The monoisotopic (exact) mass is 328 g/mol. The first-order valence-corrected chi connectivity index (χ1v) is 7.87. The lowest BCUT2D eigenvalue weighted by molar-refractivity contribution is -0.141. The van der Waals surface area contributed by atoms with Gasteiger partial charge in [0, 0.05) is 20.0 Å². The number of likely N-dealkylation sites (N-methyl/N-ethyl adjacent to an activating group) is 1. The molecular formula is C19H21FN2O2. The average Bonchev–Trinajstić information content (AvgIpc) is 2.62. The highest BCUT2D eigenvalue weighted by Crippen LogP contribution is 2.24. The number of nitrogens with zero attached hydrogens (tertiary/aromatic N) is 1. The van der Waals surface area contributed by atoms with E-state index in [0.717, 1.165) is 11.1 Å². The van der Waals surface area contributed by atoms with Gasteiger partial charge in [-0.3, -0.25) is 9.59 Å². The number of halogens is 1. The van der Waals surface area contributed by atoms with Gasteiger partial charge in [0.15, 0.2) is 0 Å². The normalized spacial score (nSPS) is 11.6. The Balaban J connectivity index is 2.40. The molecule has 1 N–H and O–H groups in total. The molecular weight excluding hydrogens is 307 g/mol. The fourth-order valence-electron chi connectivity index (χ4n) is 2.56. The Hall–Kier alpha value is -2.69. The van der Waals surface area contributed by atoms with Crippen LogP contribution in [0.25, 0.3) is 0 Å². The lowest BCUT2D eigenvalue weighted by atomic mass is 10.0. The number of amides is 2. The molecule has 0 aliphatic carbocycles. The second-order valence-electron chi connectivity index (χ2n) is 5.43. The molecule has 1 unspecified atom stereocenters. The van der Waals surface area contributed by atoms with E-state index in [1.54, 1.807) is 26.1 Å².